The Morgan fingerprint density at radius 1 is 0.967 bits per heavy atom. The van der Waals surface area contributed by atoms with E-state index in [4.69, 9.17) is 27.9 Å². The lowest BCUT2D eigenvalue weighted by Crippen LogP contribution is -2.49. The number of ether oxygens (including phenoxy) is 1. The predicted octanol–water partition coefficient (Wildman–Crippen LogP) is 6.07. The average molecular weight is 471 g/mol. The predicted molar refractivity (Wildman–Crippen MR) is 94.5 cm³/mol. The number of cyclic esters (lactones) is 1. The first kappa shape index (κ1) is 22.4. The molecule has 3 rings (SSSR count). The number of carbonyl (C=O) groups excluding carboxylic acids is 1. The number of pyridine rings is 2. The second-order valence-corrected chi connectivity index (χ2v) is 7.39. The van der Waals surface area contributed by atoms with Gasteiger partial charge in [0.1, 0.15) is 5.76 Å². The van der Waals surface area contributed by atoms with E-state index in [0.717, 1.165) is 0 Å². The topological polar surface area (TPSA) is 52.1 Å². The van der Waals surface area contributed by atoms with Crippen molar-refractivity contribution in [3.05, 3.63) is 62.8 Å². The van der Waals surface area contributed by atoms with Gasteiger partial charge in [-0.1, -0.05) is 23.2 Å². The molecule has 0 spiro atoms. The molecule has 2 aromatic heterocycles. The molecule has 1 fully saturated rings. The summed E-state index contributed by atoms with van der Waals surface area (Å²) in [5.41, 5.74) is -4.04. The van der Waals surface area contributed by atoms with Crippen LogP contribution in [0.5, 0.6) is 0 Å². The van der Waals surface area contributed by atoms with Gasteiger partial charge in [-0.25, -0.2) is 0 Å². The van der Waals surface area contributed by atoms with Crippen LogP contribution in [-0.2, 0) is 27.3 Å². The van der Waals surface area contributed by atoms with E-state index in [2.05, 4.69) is 9.97 Å². The Kier molecular flexibility index (Phi) is 5.31. The normalized spacial score (nSPS) is 21.2. The number of alkyl halides is 6. The van der Waals surface area contributed by atoms with Crippen LogP contribution in [0.25, 0.3) is 5.57 Å². The molecular formula is C18H10Cl2F6N2O2. The van der Waals surface area contributed by atoms with Crippen LogP contribution in [0.2, 0.25) is 10.0 Å². The van der Waals surface area contributed by atoms with Crippen LogP contribution in [0.1, 0.15) is 36.4 Å². The molecule has 0 radical (unpaired) electrons. The maximum absolute atomic E-state index is 12.9. The van der Waals surface area contributed by atoms with Crippen LogP contribution in [0.4, 0.5) is 26.3 Å². The smallest absolute Gasteiger partial charge is 0.417 e. The van der Waals surface area contributed by atoms with Gasteiger partial charge in [-0.05, 0) is 26.0 Å². The first-order chi connectivity index (χ1) is 13.7. The number of nitrogens with zero attached hydrogens (tertiary/aromatic N) is 2. The SMILES string of the molecule is C/C(=C1/OC(=O)C1(C)c1ncc(C(F)(F)F)cc1Cl)c1ncc(C(F)(F)F)cc1Cl. The van der Waals surface area contributed by atoms with Gasteiger partial charge in [0.05, 0.1) is 32.6 Å². The van der Waals surface area contributed by atoms with Crippen molar-refractivity contribution in [3.8, 4) is 0 Å². The fourth-order valence-corrected chi connectivity index (χ4v) is 3.60. The van der Waals surface area contributed by atoms with Crippen molar-refractivity contribution in [1.82, 2.24) is 9.97 Å². The number of hydrogen-bond acceptors (Lipinski definition) is 4. The molecule has 1 aliphatic rings. The standard InChI is InChI=1S/C18H10Cl2F6N2O2/c1-7(12-10(19)3-8(5-27-12)17(21,22)23)14-16(2,15(29)30-14)13-11(20)4-9(6-28-13)18(24,25)26/h3-6H,1-2H3/b14-7-. The Balaban J connectivity index is 2.10. The average Bonchev–Trinajstić information content (AvgIpc) is 2.63. The summed E-state index contributed by atoms with van der Waals surface area (Å²) < 4.78 is 82.0. The second kappa shape index (κ2) is 7.12. The van der Waals surface area contributed by atoms with Crippen molar-refractivity contribution in [2.75, 3.05) is 0 Å². The number of halogens is 8. The minimum absolute atomic E-state index is 0.0872. The van der Waals surface area contributed by atoms with E-state index < -0.39 is 39.9 Å². The molecule has 0 aliphatic carbocycles. The molecule has 4 nitrogen and oxygen atoms in total. The molecule has 1 unspecified atom stereocenters. The Morgan fingerprint density at radius 3 is 1.90 bits per heavy atom. The van der Waals surface area contributed by atoms with E-state index in [0.29, 0.717) is 24.5 Å². The van der Waals surface area contributed by atoms with Gasteiger partial charge in [-0.2, -0.15) is 26.3 Å². The van der Waals surface area contributed by atoms with Crippen LogP contribution >= 0.6 is 23.2 Å². The first-order valence-corrected chi connectivity index (χ1v) is 8.83. The van der Waals surface area contributed by atoms with Crippen LogP contribution in [-0.4, -0.2) is 15.9 Å². The van der Waals surface area contributed by atoms with E-state index in [1.54, 1.807) is 0 Å². The Morgan fingerprint density at radius 2 is 1.47 bits per heavy atom. The fourth-order valence-electron chi connectivity index (χ4n) is 2.94. The Hall–Kier alpha value is -2.33. The van der Waals surface area contributed by atoms with E-state index in [1.165, 1.54) is 13.8 Å². The highest BCUT2D eigenvalue weighted by molar-refractivity contribution is 6.32. The van der Waals surface area contributed by atoms with Crippen molar-refractivity contribution < 1.29 is 35.9 Å². The molecule has 1 aliphatic heterocycles. The van der Waals surface area contributed by atoms with E-state index in [1.807, 2.05) is 0 Å². The lowest BCUT2D eigenvalue weighted by Gasteiger charge is -2.39. The molecule has 3 heterocycles. The van der Waals surface area contributed by atoms with Crippen molar-refractivity contribution in [2.24, 2.45) is 0 Å². The number of aromatic nitrogens is 2. The van der Waals surface area contributed by atoms with E-state index in [-0.39, 0.29) is 27.7 Å². The van der Waals surface area contributed by atoms with Crippen LogP contribution < -0.4 is 0 Å². The Labute approximate surface area is 175 Å². The minimum atomic E-state index is -4.69. The summed E-state index contributed by atoms with van der Waals surface area (Å²) in [6.07, 6.45) is -8.27. The number of carbonyl (C=O) groups is 1. The fraction of sp³-hybridized carbons (Fsp3) is 0.278. The minimum Gasteiger partial charge on any atom is -0.428 e. The lowest BCUT2D eigenvalue weighted by molar-refractivity contribution is -0.159. The summed E-state index contributed by atoms with van der Waals surface area (Å²) in [7, 11) is 0. The number of rotatable bonds is 2. The largest absolute Gasteiger partial charge is 0.428 e. The maximum atomic E-state index is 12.9. The number of esters is 1. The first-order valence-electron chi connectivity index (χ1n) is 8.07. The second-order valence-electron chi connectivity index (χ2n) is 6.57. The zero-order valence-electron chi connectivity index (χ0n) is 15.0. The highest BCUT2D eigenvalue weighted by atomic mass is 35.5. The zero-order chi connectivity index (χ0) is 22.6. The molecule has 30 heavy (non-hydrogen) atoms. The molecule has 2 aromatic rings. The highest BCUT2D eigenvalue weighted by Gasteiger charge is 2.56. The summed E-state index contributed by atoms with van der Waals surface area (Å²) in [5, 5.41) is -0.785. The zero-order valence-corrected chi connectivity index (χ0v) is 16.6. The third-order valence-electron chi connectivity index (χ3n) is 4.56. The molecule has 12 heteroatoms. The molecule has 0 aromatic carbocycles. The van der Waals surface area contributed by atoms with Crippen LogP contribution in [0, 0.1) is 0 Å². The van der Waals surface area contributed by atoms with Crippen molar-refractivity contribution >= 4 is 34.7 Å². The monoisotopic (exact) mass is 470 g/mol. The van der Waals surface area contributed by atoms with Crippen molar-refractivity contribution in [1.29, 1.82) is 0 Å². The van der Waals surface area contributed by atoms with Crippen LogP contribution in [0.3, 0.4) is 0 Å². The van der Waals surface area contributed by atoms with Crippen LogP contribution in [0.15, 0.2) is 30.3 Å². The van der Waals surface area contributed by atoms with E-state index in [9.17, 15) is 31.1 Å². The summed E-state index contributed by atoms with van der Waals surface area (Å²) >= 11 is 11.9. The third-order valence-corrected chi connectivity index (χ3v) is 5.14. The molecule has 160 valence electrons. The summed E-state index contributed by atoms with van der Waals surface area (Å²) in [4.78, 5) is 19.6. The molecule has 1 atom stereocenters. The van der Waals surface area contributed by atoms with Gasteiger partial charge in [0.2, 0.25) is 0 Å². The summed E-state index contributed by atoms with van der Waals surface area (Å²) in [5.74, 6) is -0.940. The van der Waals surface area contributed by atoms with E-state index >= 15 is 0 Å². The Bertz CT molecular complexity index is 1080. The highest BCUT2D eigenvalue weighted by Crippen LogP contribution is 2.48. The molecule has 0 saturated carbocycles. The van der Waals surface area contributed by atoms with Gasteiger partial charge < -0.3 is 4.74 Å². The maximum Gasteiger partial charge on any atom is 0.417 e. The van der Waals surface area contributed by atoms with Gasteiger partial charge in [0.15, 0.2) is 5.41 Å². The summed E-state index contributed by atoms with van der Waals surface area (Å²) in [6.45, 7) is 2.70. The number of hydrogen-bond donors (Lipinski definition) is 0. The van der Waals surface area contributed by atoms with Gasteiger partial charge in [0, 0.05) is 18.0 Å². The molecule has 0 amide bonds. The van der Waals surface area contributed by atoms with Gasteiger partial charge in [-0.15, -0.1) is 0 Å². The molecule has 0 bridgehead atoms. The van der Waals surface area contributed by atoms with Gasteiger partial charge >= 0.3 is 18.3 Å². The van der Waals surface area contributed by atoms with Crippen molar-refractivity contribution in [2.45, 2.75) is 31.6 Å². The summed E-state index contributed by atoms with van der Waals surface area (Å²) in [6, 6.07) is 1.28. The van der Waals surface area contributed by atoms with Gasteiger partial charge in [-0.3, -0.25) is 14.8 Å². The lowest BCUT2D eigenvalue weighted by atomic mass is 9.77. The van der Waals surface area contributed by atoms with Crippen molar-refractivity contribution in [3.63, 3.8) is 0 Å². The van der Waals surface area contributed by atoms with Gasteiger partial charge in [0.25, 0.3) is 0 Å². The third kappa shape index (κ3) is 3.62. The molecule has 0 N–H and O–H groups in total. The molecular weight excluding hydrogens is 461 g/mol. The quantitative estimate of drug-likeness (QED) is 0.395. The molecule has 1 saturated heterocycles. The number of allylic oxidation sites excluding steroid dienone is 1.